The number of aliphatic hydroxyl groups is 1. The molecule has 0 unspecified atom stereocenters. The number of aliphatic hydroxyl groups excluding tert-OH is 1. The van der Waals surface area contributed by atoms with Gasteiger partial charge in [0.25, 0.3) is 0 Å². The molecule has 1 aromatic rings. The molecule has 3 rings (SSSR count). The molecule has 2 fully saturated rings. The Morgan fingerprint density at radius 2 is 1.82 bits per heavy atom. The fraction of sp³-hybridized carbons (Fsp3) is 0.667. The van der Waals surface area contributed by atoms with Crippen LogP contribution < -0.4 is 9.64 Å². The van der Waals surface area contributed by atoms with Gasteiger partial charge in [-0.3, -0.25) is 4.79 Å². The fourth-order valence-corrected chi connectivity index (χ4v) is 4.42. The van der Waals surface area contributed by atoms with E-state index in [-0.39, 0.29) is 29.1 Å². The van der Waals surface area contributed by atoms with Crippen LogP contribution in [0.2, 0.25) is 0 Å². The van der Waals surface area contributed by atoms with Crippen LogP contribution in [0.5, 0.6) is 5.75 Å². The zero-order valence-electron chi connectivity index (χ0n) is 16.3. The lowest BCUT2D eigenvalue weighted by Gasteiger charge is -2.37. The molecular weight excluding hydrogens is 371 g/mol. The first-order valence-corrected chi connectivity index (χ1v) is 10.00. The second-order valence-electron chi connectivity index (χ2n) is 8.10. The van der Waals surface area contributed by atoms with E-state index in [1.165, 1.54) is 12.1 Å². The topological polar surface area (TPSA) is 49.8 Å². The molecule has 2 aliphatic rings. The summed E-state index contributed by atoms with van der Waals surface area (Å²) in [6, 6.07) is 6.23. The Morgan fingerprint density at radius 1 is 1.21 bits per heavy atom. The lowest BCUT2D eigenvalue weighted by atomic mass is 9.68. The smallest absolute Gasteiger partial charge is 0.425 e. The van der Waals surface area contributed by atoms with Crippen molar-refractivity contribution < 1.29 is 27.8 Å². The predicted octanol–water partition coefficient (Wildman–Crippen LogP) is 4.70. The summed E-state index contributed by atoms with van der Waals surface area (Å²) in [5.41, 5.74) is 0.328. The fourth-order valence-electron chi connectivity index (χ4n) is 4.42. The van der Waals surface area contributed by atoms with E-state index in [1.54, 1.807) is 17.0 Å². The van der Waals surface area contributed by atoms with Crippen LogP contribution in [0.4, 0.5) is 18.9 Å². The van der Waals surface area contributed by atoms with Crippen molar-refractivity contribution in [1.82, 2.24) is 0 Å². The van der Waals surface area contributed by atoms with Crippen LogP contribution in [0.3, 0.4) is 0 Å². The summed E-state index contributed by atoms with van der Waals surface area (Å²) >= 11 is 0. The highest BCUT2D eigenvalue weighted by atomic mass is 19.4. The van der Waals surface area contributed by atoms with Crippen molar-refractivity contribution in [2.75, 3.05) is 11.4 Å². The van der Waals surface area contributed by atoms with Gasteiger partial charge in [-0.25, -0.2) is 0 Å². The first kappa shape index (κ1) is 21.0. The van der Waals surface area contributed by atoms with Crippen molar-refractivity contribution in [3.63, 3.8) is 0 Å². The molecule has 1 aliphatic carbocycles. The Balaban J connectivity index is 1.64. The van der Waals surface area contributed by atoms with E-state index in [0.717, 1.165) is 45.4 Å². The van der Waals surface area contributed by atoms with E-state index < -0.39 is 12.3 Å². The number of hydrogen-bond donors (Lipinski definition) is 1. The first-order chi connectivity index (χ1) is 13.2. The lowest BCUT2D eigenvalue weighted by Crippen LogP contribution is -2.39. The number of halogens is 3. The van der Waals surface area contributed by atoms with Gasteiger partial charge in [0.2, 0.25) is 5.91 Å². The van der Waals surface area contributed by atoms with E-state index in [4.69, 9.17) is 4.74 Å². The molecule has 2 atom stereocenters. The molecule has 1 N–H and O–H groups in total. The number of ether oxygens (including phenoxy) is 1. The average molecular weight is 399 g/mol. The second kappa shape index (κ2) is 7.93. The Labute approximate surface area is 163 Å². The second-order valence-corrected chi connectivity index (χ2v) is 8.10. The molecule has 0 bridgehead atoms. The number of carbonyl (C=O) groups is 1. The van der Waals surface area contributed by atoms with Crippen molar-refractivity contribution in [2.45, 2.75) is 70.8 Å². The quantitative estimate of drug-likeness (QED) is 0.781. The van der Waals surface area contributed by atoms with E-state index in [2.05, 4.69) is 0 Å². The third-order valence-corrected chi connectivity index (χ3v) is 6.38. The summed E-state index contributed by atoms with van der Waals surface area (Å²) in [5, 5.41) is 10.1. The molecule has 1 heterocycles. The Hall–Kier alpha value is -1.76. The Bertz CT molecular complexity index is 681. The molecule has 28 heavy (non-hydrogen) atoms. The molecule has 0 radical (unpaired) electrons. The van der Waals surface area contributed by atoms with Crippen LogP contribution in [0.25, 0.3) is 0 Å². The largest absolute Gasteiger partial charge is 0.481 e. The lowest BCUT2D eigenvalue weighted by molar-refractivity contribution is -0.189. The maximum atomic E-state index is 13.1. The summed E-state index contributed by atoms with van der Waals surface area (Å²) in [4.78, 5) is 14.8. The normalized spacial score (nSPS) is 27.9. The molecule has 1 aromatic carbocycles. The maximum absolute atomic E-state index is 13.1. The van der Waals surface area contributed by atoms with Gasteiger partial charge in [0.1, 0.15) is 5.75 Å². The number of benzene rings is 1. The zero-order chi connectivity index (χ0) is 20.5. The third kappa shape index (κ3) is 4.14. The van der Waals surface area contributed by atoms with Gasteiger partial charge in [-0.15, -0.1) is 0 Å². The van der Waals surface area contributed by atoms with Gasteiger partial charge in [0.15, 0.2) is 6.10 Å². The maximum Gasteiger partial charge on any atom is 0.425 e. The van der Waals surface area contributed by atoms with E-state index in [0.29, 0.717) is 12.2 Å². The average Bonchev–Trinajstić information content (AvgIpc) is 2.98. The zero-order valence-corrected chi connectivity index (χ0v) is 16.3. The van der Waals surface area contributed by atoms with Crippen LogP contribution in [-0.4, -0.2) is 35.9 Å². The van der Waals surface area contributed by atoms with Gasteiger partial charge in [0.05, 0.1) is 11.5 Å². The number of alkyl halides is 3. The summed E-state index contributed by atoms with van der Waals surface area (Å²) < 4.78 is 42.8. The van der Waals surface area contributed by atoms with Gasteiger partial charge < -0.3 is 14.7 Å². The van der Waals surface area contributed by atoms with Crippen LogP contribution in [0.1, 0.15) is 52.4 Å². The van der Waals surface area contributed by atoms with Crippen LogP contribution in [0.15, 0.2) is 24.3 Å². The standard InChI is InChI=1S/C21H28F3NO3/c1-3-18(26)15-8-10-20(11-9-15)12-13-25(19(20)27)16-4-6-17(7-5-16)28-14(2)21(22,23)24/h4-7,14-15,18,26H,3,8-13H2,1-2H3/t14-,15-,18-,20-/m1/s1. The predicted molar refractivity (Wildman–Crippen MR) is 100 cm³/mol. The number of hydrogen-bond acceptors (Lipinski definition) is 3. The number of anilines is 1. The molecule has 0 aromatic heterocycles. The molecule has 1 saturated carbocycles. The van der Waals surface area contributed by atoms with Crippen molar-refractivity contribution >= 4 is 11.6 Å². The SMILES string of the molecule is CC[C@@H](O)[C@H]1CC[C@@]2(CCN(c3ccc(O[C@H](C)C(F)(F)F)cc3)C2=O)CC1. The van der Waals surface area contributed by atoms with Crippen LogP contribution in [-0.2, 0) is 4.79 Å². The van der Waals surface area contributed by atoms with Crippen molar-refractivity contribution in [3.05, 3.63) is 24.3 Å². The van der Waals surface area contributed by atoms with Gasteiger partial charge in [0, 0.05) is 12.2 Å². The van der Waals surface area contributed by atoms with Gasteiger partial charge in [-0.1, -0.05) is 6.92 Å². The first-order valence-electron chi connectivity index (χ1n) is 10.00. The van der Waals surface area contributed by atoms with E-state index in [1.807, 2.05) is 6.92 Å². The van der Waals surface area contributed by atoms with Crippen LogP contribution >= 0.6 is 0 Å². The summed E-state index contributed by atoms with van der Waals surface area (Å²) in [5.74, 6) is 0.489. The summed E-state index contributed by atoms with van der Waals surface area (Å²) in [6.07, 6.45) is -1.79. The molecular formula is C21H28F3NO3. The molecule has 1 spiro atoms. The van der Waals surface area contributed by atoms with Crippen molar-refractivity contribution in [3.8, 4) is 5.75 Å². The molecule has 4 nitrogen and oxygen atoms in total. The van der Waals surface area contributed by atoms with E-state index >= 15 is 0 Å². The molecule has 156 valence electrons. The summed E-state index contributed by atoms with van der Waals surface area (Å²) in [7, 11) is 0. The molecule has 1 saturated heterocycles. The number of nitrogens with zero attached hydrogens (tertiary/aromatic N) is 1. The molecule has 1 aliphatic heterocycles. The highest BCUT2D eigenvalue weighted by Crippen LogP contribution is 2.48. The highest BCUT2D eigenvalue weighted by molar-refractivity contribution is 6.00. The van der Waals surface area contributed by atoms with E-state index in [9.17, 15) is 23.1 Å². The third-order valence-electron chi connectivity index (χ3n) is 6.38. The molecule has 1 amide bonds. The Morgan fingerprint density at radius 3 is 2.36 bits per heavy atom. The van der Waals surface area contributed by atoms with Crippen molar-refractivity contribution in [2.24, 2.45) is 11.3 Å². The van der Waals surface area contributed by atoms with Gasteiger partial charge in [-0.2, -0.15) is 13.2 Å². The van der Waals surface area contributed by atoms with Gasteiger partial charge >= 0.3 is 6.18 Å². The summed E-state index contributed by atoms with van der Waals surface area (Å²) in [6.45, 7) is 3.55. The molecule has 7 heteroatoms. The highest BCUT2D eigenvalue weighted by Gasteiger charge is 2.49. The number of rotatable bonds is 5. The Kier molecular flexibility index (Phi) is 5.94. The number of carbonyl (C=O) groups excluding carboxylic acids is 1. The minimum Gasteiger partial charge on any atom is -0.481 e. The number of amides is 1. The van der Waals surface area contributed by atoms with Crippen molar-refractivity contribution in [1.29, 1.82) is 0 Å². The monoisotopic (exact) mass is 399 g/mol. The van der Waals surface area contributed by atoms with Crippen LogP contribution in [0, 0.1) is 11.3 Å². The van der Waals surface area contributed by atoms with Gasteiger partial charge in [-0.05, 0) is 75.6 Å². The minimum absolute atomic E-state index is 0.0919. The minimum atomic E-state index is -4.42.